The predicted octanol–water partition coefficient (Wildman–Crippen LogP) is 3.52. The van der Waals surface area contributed by atoms with Gasteiger partial charge >= 0.3 is 6.03 Å². The topological polar surface area (TPSA) is 35.6 Å². The highest BCUT2D eigenvalue weighted by molar-refractivity contribution is 6.34. The highest BCUT2D eigenvalue weighted by Crippen LogP contribution is 2.27. The molecule has 116 valence electrons. The van der Waals surface area contributed by atoms with Gasteiger partial charge in [0, 0.05) is 26.2 Å². The quantitative estimate of drug-likeness (QED) is 0.927. The summed E-state index contributed by atoms with van der Waals surface area (Å²) in [4.78, 5) is 16.6. The van der Waals surface area contributed by atoms with Gasteiger partial charge in [-0.25, -0.2) is 4.79 Å². The standard InChI is InChI=1S/C16H24ClN3O/c1-4-5-19-6-8-20(9-7-19)16(21)18-15-13(3)10-12(2)11-14(15)17/h10-11H,4-9H2,1-3H3,(H,18,21). The number of carbonyl (C=O) groups excluding carboxylic acids is 1. The molecule has 4 nitrogen and oxygen atoms in total. The van der Waals surface area contributed by atoms with Crippen molar-refractivity contribution in [3.05, 3.63) is 28.3 Å². The second-order valence-corrected chi connectivity index (χ2v) is 6.10. The molecule has 2 amide bonds. The molecule has 0 unspecified atom stereocenters. The van der Waals surface area contributed by atoms with Crippen LogP contribution in [0.15, 0.2) is 12.1 Å². The number of aryl methyl sites for hydroxylation is 2. The van der Waals surface area contributed by atoms with Crippen molar-refractivity contribution >= 4 is 23.3 Å². The van der Waals surface area contributed by atoms with Gasteiger partial charge in [0.1, 0.15) is 0 Å². The molecule has 1 aliphatic heterocycles. The third-order valence-corrected chi connectivity index (χ3v) is 4.16. The SMILES string of the molecule is CCCN1CCN(C(=O)Nc2c(C)cc(C)cc2Cl)CC1. The number of rotatable bonds is 3. The summed E-state index contributed by atoms with van der Waals surface area (Å²) in [5.41, 5.74) is 2.82. The Morgan fingerprint density at radius 3 is 2.48 bits per heavy atom. The van der Waals surface area contributed by atoms with E-state index < -0.39 is 0 Å². The molecule has 0 aromatic heterocycles. The number of halogens is 1. The van der Waals surface area contributed by atoms with Crippen LogP contribution in [0.5, 0.6) is 0 Å². The van der Waals surface area contributed by atoms with Gasteiger partial charge in [0.2, 0.25) is 0 Å². The van der Waals surface area contributed by atoms with Gasteiger partial charge in [0.05, 0.1) is 10.7 Å². The molecule has 0 bridgehead atoms. The first-order valence-corrected chi connectivity index (χ1v) is 7.94. The molecule has 1 aromatic carbocycles. The molecule has 1 N–H and O–H groups in total. The van der Waals surface area contributed by atoms with E-state index in [4.69, 9.17) is 11.6 Å². The van der Waals surface area contributed by atoms with E-state index in [0.29, 0.717) is 5.02 Å². The van der Waals surface area contributed by atoms with Crippen molar-refractivity contribution in [3.63, 3.8) is 0 Å². The molecule has 0 aliphatic carbocycles. The van der Waals surface area contributed by atoms with Crippen LogP contribution in [0.3, 0.4) is 0 Å². The molecular formula is C16H24ClN3O. The molecule has 1 heterocycles. The second-order valence-electron chi connectivity index (χ2n) is 5.70. The number of urea groups is 1. The fraction of sp³-hybridized carbons (Fsp3) is 0.562. The van der Waals surface area contributed by atoms with Crippen LogP contribution in [0.2, 0.25) is 5.02 Å². The van der Waals surface area contributed by atoms with E-state index in [1.165, 1.54) is 0 Å². The maximum absolute atomic E-state index is 12.4. The normalized spacial score (nSPS) is 16.1. The van der Waals surface area contributed by atoms with E-state index in [2.05, 4.69) is 17.1 Å². The number of amides is 2. The average Bonchev–Trinajstić information content (AvgIpc) is 2.43. The number of benzene rings is 1. The highest BCUT2D eigenvalue weighted by Gasteiger charge is 2.21. The predicted molar refractivity (Wildman–Crippen MR) is 88.2 cm³/mol. The summed E-state index contributed by atoms with van der Waals surface area (Å²) in [5, 5.41) is 3.56. The third-order valence-electron chi connectivity index (χ3n) is 3.86. The summed E-state index contributed by atoms with van der Waals surface area (Å²) >= 11 is 6.24. The van der Waals surface area contributed by atoms with Crippen molar-refractivity contribution in [2.75, 3.05) is 38.0 Å². The molecule has 0 radical (unpaired) electrons. The number of hydrogen-bond donors (Lipinski definition) is 1. The number of carbonyl (C=O) groups is 1. The van der Waals surface area contributed by atoms with Crippen molar-refractivity contribution in [3.8, 4) is 0 Å². The molecule has 1 aliphatic rings. The van der Waals surface area contributed by atoms with Crippen molar-refractivity contribution in [2.24, 2.45) is 0 Å². The van der Waals surface area contributed by atoms with Crippen LogP contribution in [0.25, 0.3) is 0 Å². The Kier molecular flexibility index (Phi) is 5.48. The number of nitrogens with one attached hydrogen (secondary N) is 1. The van der Waals surface area contributed by atoms with Crippen molar-refractivity contribution in [1.82, 2.24) is 9.80 Å². The molecule has 21 heavy (non-hydrogen) atoms. The van der Waals surface area contributed by atoms with Crippen LogP contribution in [-0.2, 0) is 0 Å². The fourth-order valence-electron chi connectivity index (χ4n) is 2.75. The van der Waals surface area contributed by atoms with Gasteiger partial charge in [-0.1, -0.05) is 24.6 Å². The van der Waals surface area contributed by atoms with Crippen LogP contribution < -0.4 is 5.32 Å². The Balaban J connectivity index is 1.97. The van der Waals surface area contributed by atoms with E-state index in [1.54, 1.807) is 0 Å². The Labute approximate surface area is 132 Å². The lowest BCUT2D eigenvalue weighted by Gasteiger charge is -2.34. The van der Waals surface area contributed by atoms with Gasteiger partial charge < -0.3 is 10.2 Å². The Morgan fingerprint density at radius 1 is 1.24 bits per heavy atom. The van der Waals surface area contributed by atoms with Crippen LogP contribution >= 0.6 is 11.6 Å². The Morgan fingerprint density at radius 2 is 1.90 bits per heavy atom. The smallest absolute Gasteiger partial charge is 0.321 e. The number of anilines is 1. The van der Waals surface area contributed by atoms with Gasteiger partial charge in [-0.2, -0.15) is 0 Å². The number of nitrogens with zero attached hydrogens (tertiary/aromatic N) is 2. The van der Waals surface area contributed by atoms with Crippen LogP contribution in [-0.4, -0.2) is 48.6 Å². The van der Waals surface area contributed by atoms with Gasteiger partial charge in [0.15, 0.2) is 0 Å². The fourth-order valence-corrected chi connectivity index (χ4v) is 3.12. The monoisotopic (exact) mass is 309 g/mol. The zero-order valence-electron chi connectivity index (χ0n) is 13.1. The van der Waals surface area contributed by atoms with Crippen molar-refractivity contribution < 1.29 is 4.79 Å². The lowest BCUT2D eigenvalue weighted by atomic mass is 10.1. The molecular weight excluding hydrogens is 286 g/mol. The number of hydrogen-bond acceptors (Lipinski definition) is 2. The molecule has 1 aromatic rings. The Hall–Kier alpha value is -1.26. The van der Waals surface area contributed by atoms with Crippen molar-refractivity contribution in [2.45, 2.75) is 27.2 Å². The maximum atomic E-state index is 12.4. The third kappa shape index (κ3) is 4.11. The summed E-state index contributed by atoms with van der Waals surface area (Å²) < 4.78 is 0. The van der Waals surface area contributed by atoms with Crippen LogP contribution in [0.1, 0.15) is 24.5 Å². The van der Waals surface area contributed by atoms with Gasteiger partial charge in [0.25, 0.3) is 0 Å². The minimum Gasteiger partial charge on any atom is -0.322 e. The lowest BCUT2D eigenvalue weighted by Crippen LogP contribution is -2.50. The summed E-state index contributed by atoms with van der Waals surface area (Å²) in [7, 11) is 0. The van der Waals surface area contributed by atoms with Gasteiger partial charge in [-0.15, -0.1) is 0 Å². The number of piperazine rings is 1. The molecule has 2 rings (SSSR count). The Bertz CT molecular complexity index is 487. The first-order valence-electron chi connectivity index (χ1n) is 7.56. The van der Waals surface area contributed by atoms with E-state index >= 15 is 0 Å². The van der Waals surface area contributed by atoms with Gasteiger partial charge in [-0.05, 0) is 44.0 Å². The summed E-state index contributed by atoms with van der Waals surface area (Å²) in [6.45, 7) is 10.7. The van der Waals surface area contributed by atoms with Gasteiger partial charge in [-0.3, -0.25) is 4.90 Å². The lowest BCUT2D eigenvalue weighted by molar-refractivity contribution is 0.147. The zero-order valence-corrected chi connectivity index (χ0v) is 13.8. The van der Waals surface area contributed by atoms with E-state index in [-0.39, 0.29) is 6.03 Å². The summed E-state index contributed by atoms with van der Waals surface area (Å²) in [5.74, 6) is 0. The van der Waals surface area contributed by atoms with E-state index in [0.717, 1.165) is 56.0 Å². The molecule has 0 spiro atoms. The first kappa shape index (κ1) is 16.1. The van der Waals surface area contributed by atoms with Crippen LogP contribution in [0, 0.1) is 13.8 Å². The minimum absolute atomic E-state index is 0.0556. The second kappa shape index (κ2) is 7.14. The zero-order chi connectivity index (χ0) is 15.4. The molecule has 1 fully saturated rings. The largest absolute Gasteiger partial charge is 0.322 e. The summed E-state index contributed by atoms with van der Waals surface area (Å²) in [6.07, 6.45) is 1.16. The summed E-state index contributed by atoms with van der Waals surface area (Å²) in [6, 6.07) is 3.85. The maximum Gasteiger partial charge on any atom is 0.321 e. The molecule has 5 heteroatoms. The molecule has 1 saturated heterocycles. The highest BCUT2D eigenvalue weighted by atomic mass is 35.5. The first-order chi connectivity index (χ1) is 10.0. The van der Waals surface area contributed by atoms with Crippen LogP contribution in [0.4, 0.5) is 10.5 Å². The van der Waals surface area contributed by atoms with E-state index in [1.807, 2.05) is 30.9 Å². The molecule has 0 atom stereocenters. The minimum atomic E-state index is -0.0556. The van der Waals surface area contributed by atoms with Crippen molar-refractivity contribution in [1.29, 1.82) is 0 Å². The molecule has 0 saturated carbocycles. The van der Waals surface area contributed by atoms with E-state index in [9.17, 15) is 4.79 Å². The average molecular weight is 310 g/mol.